The van der Waals surface area contributed by atoms with Gasteiger partial charge in [0.15, 0.2) is 0 Å². The van der Waals surface area contributed by atoms with Crippen molar-refractivity contribution in [1.82, 2.24) is 15.2 Å². The first kappa shape index (κ1) is 17.4. The molecule has 2 atom stereocenters. The minimum Gasteiger partial charge on any atom is -0.495 e. The van der Waals surface area contributed by atoms with E-state index >= 15 is 0 Å². The Bertz CT molecular complexity index is 750. The van der Waals surface area contributed by atoms with E-state index in [1.807, 2.05) is 31.3 Å². The summed E-state index contributed by atoms with van der Waals surface area (Å²) in [5.74, 6) is 0.575. The van der Waals surface area contributed by atoms with Gasteiger partial charge in [0, 0.05) is 36.0 Å². The topological polar surface area (TPSA) is 74.7 Å². The van der Waals surface area contributed by atoms with Crippen molar-refractivity contribution in [2.24, 2.45) is 0 Å². The van der Waals surface area contributed by atoms with Crippen molar-refractivity contribution in [3.63, 3.8) is 0 Å². The molecule has 2 unspecified atom stereocenters. The standard InChI is InChI=1S/C19H23N3O3/c1-22-11-16(8-17(22)12-23)21-19(24)14-5-3-4-13(6-14)15-7-18(25-2)10-20-9-15/h3-7,9-10,16-17,23H,8,11-12H2,1-2H3,(H,21,24). The molecule has 1 saturated heterocycles. The van der Waals surface area contributed by atoms with E-state index in [0.717, 1.165) is 24.1 Å². The first-order chi connectivity index (χ1) is 12.1. The summed E-state index contributed by atoms with van der Waals surface area (Å²) < 4.78 is 5.21. The van der Waals surface area contributed by atoms with Crippen LogP contribution < -0.4 is 10.1 Å². The number of likely N-dealkylation sites (N-methyl/N-ethyl adjacent to an activating group) is 1. The highest BCUT2D eigenvalue weighted by atomic mass is 16.5. The molecule has 2 aromatic rings. The predicted molar refractivity (Wildman–Crippen MR) is 95.6 cm³/mol. The third-order valence-corrected chi connectivity index (χ3v) is 4.64. The number of nitrogens with one attached hydrogen (secondary N) is 1. The van der Waals surface area contributed by atoms with E-state index in [0.29, 0.717) is 11.3 Å². The maximum absolute atomic E-state index is 12.6. The number of aliphatic hydroxyl groups is 1. The number of carbonyl (C=O) groups is 1. The number of amides is 1. The third-order valence-electron chi connectivity index (χ3n) is 4.64. The van der Waals surface area contributed by atoms with Gasteiger partial charge in [-0.15, -0.1) is 0 Å². The average Bonchev–Trinajstić information content (AvgIpc) is 3.01. The molecule has 6 heteroatoms. The van der Waals surface area contributed by atoms with Crippen LogP contribution in [0.3, 0.4) is 0 Å². The van der Waals surface area contributed by atoms with E-state index < -0.39 is 0 Å². The van der Waals surface area contributed by atoms with Crippen molar-refractivity contribution in [3.8, 4) is 16.9 Å². The quantitative estimate of drug-likeness (QED) is 0.863. The van der Waals surface area contributed by atoms with Crippen LogP contribution in [0.4, 0.5) is 0 Å². The van der Waals surface area contributed by atoms with Gasteiger partial charge in [-0.1, -0.05) is 12.1 Å². The molecule has 0 saturated carbocycles. The van der Waals surface area contributed by atoms with Crippen LogP contribution in [0.5, 0.6) is 5.75 Å². The van der Waals surface area contributed by atoms with Crippen molar-refractivity contribution < 1.29 is 14.6 Å². The fourth-order valence-corrected chi connectivity index (χ4v) is 3.20. The zero-order valence-corrected chi connectivity index (χ0v) is 14.5. The maximum atomic E-state index is 12.6. The van der Waals surface area contributed by atoms with E-state index in [1.165, 1.54) is 0 Å². The van der Waals surface area contributed by atoms with Gasteiger partial charge in [-0.25, -0.2) is 0 Å². The molecule has 1 fully saturated rings. The molecule has 1 aromatic carbocycles. The second kappa shape index (κ2) is 7.63. The Balaban J connectivity index is 1.74. The molecular formula is C19H23N3O3. The second-order valence-corrected chi connectivity index (χ2v) is 6.38. The van der Waals surface area contributed by atoms with Gasteiger partial charge in [-0.05, 0) is 37.2 Å². The molecule has 1 aliphatic rings. The fraction of sp³-hybridized carbons (Fsp3) is 0.368. The number of methoxy groups -OCH3 is 1. The number of nitrogens with zero attached hydrogens (tertiary/aromatic N) is 2. The zero-order chi connectivity index (χ0) is 17.8. The lowest BCUT2D eigenvalue weighted by Gasteiger charge is -2.15. The van der Waals surface area contributed by atoms with Crippen LogP contribution >= 0.6 is 0 Å². The summed E-state index contributed by atoms with van der Waals surface area (Å²) >= 11 is 0. The normalized spacial score (nSPS) is 20.4. The average molecular weight is 341 g/mol. The molecule has 1 aliphatic heterocycles. The van der Waals surface area contributed by atoms with E-state index in [1.54, 1.807) is 25.6 Å². The van der Waals surface area contributed by atoms with Crippen LogP contribution in [0.2, 0.25) is 0 Å². The van der Waals surface area contributed by atoms with Crippen LogP contribution in [-0.2, 0) is 0 Å². The fourth-order valence-electron chi connectivity index (χ4n) is 3.20. The van der Waals surface area contributed by atoms with Crippen LogP contribution in [-0.4, -0.2) is 60.3 Å². The molecule has 25 heavy (non-hydrogen) atoms. The van der Waals surface area contributed by atoms with Crippen molar-refractivity contribution >= 4 is 5.91 Å². The van der Waals surface area contributed by atoms with Gasteiger partial charge in [0.25, 0.3) is 5.91 Å². The first-order valence-electron chi connectivity index (χ1n) is 8.32. The van der Waals surface area contributed by atoms with Crippen molar-refractivity contribution in [3.05, 3.63) is 48.3 Å². The number of hydrogen-bond acceptors (Lipinski definition) is 5. The minimum atomic E-state index is -0.102. The number of ether oxygens (including phenoxy) is 1. The Morgan fingerprint density at radius 2 is 2.20 bits per heavy atom. The van der Waals surface area contributed by atoms with Crippen LogP contribution in [0, 0.1) is 0 Å². The van der Waals surface area contributed by atoms with E-state index in [4.69, 9.17) is 4.74 Å². The highest BCUT2D eigenvalue weighted by Gasteiger charge is 2.29. The Morgan fingerprint density at radius 1 is 1.36 bits per heavy atom. The number of pyridine rings is 1. The third kappa shape index (κ3) is 3.97. The lowest BCUT2D eigenvalue weighted by molar-refractivity contribution is 0.0938. The summed E-state index contributed by atoms with van der Waals surface area (Å²) in [6, 6.07) is 9.51. The number of aliphatic hydroxyl groups excluding tert-OH is 1. The Labute approximate surface area is 147 Å². The van der Waals surface area contributed by atoms with Crippen molar-refractivity contribution in [1.29, 1.82) is 0 Å². The monoisotopic (exact) mass is 341 g/mol. The van der Waals surface area contributed by atoms with Gasteiger partial charge in [-0.2, -0.15) is 0 Å². The van der Waals surface area contributed by atoms with Gasteiger partial charge in [0.2, 0.25) is 0 Å². The Morgan fingerprint density at radius 3 is 2.92 bits per heavy atom. The number of rotatable bonds is 5. The molecular weight excluding hydrogens is 318 g/mol. The predicted octanol–water partition coefficient (Wildman–Crippen LogP) is 1.55. The number of benzene rings is 1. The Hall–Kier alpha value is -2.44. The molecule has 0 radical (unpaired) electrons. The Kier molecular flexibility index (Phi) is 5.31. The first-order valence-corrected chi connectivity index (χ1v) is 8.32. The van der Waals surface area contributed by atoms with Gasteiger partial charge in [0.05, 0.1) is 19.9 Å². The van der Waals surface area contributed by atoms with Crippen molar-refractivity contribution in [2.45, 2.75) is 18.5 Å². The maximum Gasteiger partial charge on any atom is 0.251 e. The molecule has 0 spiro atoms. The summed E-state index contributed by atoms with van der Waals surface area (Å²) in [5.41, 5.74) is 2.42. The molecule has 6 nitrogen and oxygen atoms in total. The SMILES string of the molecule is COc1cncc(-c2cccc(C(=O)NC3CC(CO)N(C)C3)c2)c1. The molecule has 2 N–H and O–H groups in total. The molecule has 2 heterocycles. The smallest absolute Gasteiger partial charge is 0.251 e. The largest absolute Gasteiger partial charge is 0.495 e. The molecule has 132 valence electrons. The number of hydrogen-bond donors (Lipinski definition) is 2. The summed E-state index contributed by atoms with van der Waals surface area (Å²) in [7, 11) is 3.56. The number of aromatic nitrogens is 1. The number of likely N-dealkylation sites (tertiary alicyclic amines) is 1. The summed E-state index contributed by atoms with van der Waals surface area (Å²) in [4.78, 5) is 18.8. The van der Waals surface area contributed by atoms with Gasteiger partial charge in [-0.3, -0.25) is 14.7 Å². The molecule has 3 rings (SSSR count). The lowest BCUT2D eigenvalue weighted by atomic mass is 10.0. The van der Waals surface area contributed by atoms with Gasteiger partial charge < -0.3 is 15.2 Å². The van der Waals surface area contributed by atoms with Gasteiger partial charge >= 0.3 is 0 Å². The molecule has 0 bridgehead atoms. The van der Waals surface area contributed by atoms with Crippen LogP contribution in [0.15, 0.2) is 42.7 Å². The molecule has 1 amide bonds. The molecule has 1 aromatic heterocycles. The zero-order valence-electron chi connectivity index (χ0n) is 14.5. The second-order valence-electron chi connectivity index (χ2n) is 6.38. The summed E-state index contributed by atoms with van der Waals surface area (Å²) in [6.07, 6.45) is 4.16. The lowest BCUT2D eigenvalue weighted by Crippen LogP contribution is -2.36. The summed E-state index contributed by atoms with van der Waals surface area (Å²) in [6.45, 7) is 0.859. The minimum absolute atomic E-state index is 0.0526. The number of carbonyl (C=O) groups excluding carboxylic acids is 1. The highest BCUT2D eigenvalue weighted by Crippen LogP contribution is 2.23. The summed E-state index contributed by atoms with van der Waals surface area (Å²) in [5, 5.41) is 12.4. The molecule has 0 aliphatic carbocycles. The van der Waals surface area contributed by atoms with Crippen LogP contribution in [0.25, 0.3) is 11.1 Å². The highest BCUT2D eigenvalue weighted by molar-refractivity contribution is 5.95. The van der Waals surface area contributed by atoms with Crippen LogP contribution in [0.1, 0.15) is 16.8 Å². The van der Waals surface area contributed by atoms with E-state index in [-0.39, 0.29) is 24.6 Å². The van der Waals surface area contributed by atoms with Crippen molar-refractivity contribution in [2.75, 3.05) is 27.3 Å². The van der Waals surface area contributed by atoms with E-state index in [9.17, 15) is 9.90 Å². The van der Waals surface area contributed by atoms with E-state index in [2.05, 4.69) is 15.2 Å². The van der Waals surface area contributed by atoms with Gasteiger partial charge in [0.1, 0.15) is 5.75 Å².